The molecule has 33 heavy (non-hydrogen) atoms. The summed E-state index contributed by atoms with van der Waals surface area (Å²) in [6, 6.07) is 20.7. The second kappa shape index (κ2) is 8.81. The van der Waals surface area contributed by atoms with Gasteiger partial charge in [0, 0.05) is 23.7 Å². The van der Waals surface area contributed by atoms with Crippen molar-refractivity contribution >= 4 is 35.3 Å². The van der Waals surface area contributed by atoms with Gasteiger partial charge in [-0.2, -0.15) is 10.2 Å². The molecule has 5 nitrogen and oxygen atoms in total. The fourth-order valence-electron chi connectivity index (χ4n) is 3.91. The molecule has 2 heterocycles. The number of rotatable bonds is 5. The van der Waals surface area contributed by atoms with Crippen LogP contribution in [0.2, 0.25) is 10.0 Å². The molecule has 0 fully saturated rings. The van der Waals surface area contributed by atoms with Crippen molar-refractivity contribution in [2.75, 3.05) is 0 Å². The summed E-state index contributed by atoms with van der Waals surface area (Å²) in [5.41, 5.74) is 4.59. The van der Waals surface area contributed by atoms with Crippen LogP contribution in [0, 0.1) is 5.82 Å². The molecule has 0 N–H and O–H groups in total. The van der Waals surface area contributed by atoms with E-state index in [-0.39, 0.29) is 11.9 Å². The Morgan fingerprint density at radius 1 is 0.939 bits per heavy atom. The van der Waals surface area contributed by atoms with Crippen LogP contribution in [0.5, 0.6) is 0 Å². The van der Waals surface area contributed by atoms with Gasteiger partial charge in [-0.25, -0.2) is 14.1 Å². The topological polar surface area (TPSA) is 50.5 Å². The Morgan fingerprint density at radius 2 is 1.67 bits per heavy atom. The summed E-state index contributed by atoms with van der Waals surface area (Å²) in [5.74, 6) is -0.327. The molecule has 1 aromatic heterocycles. The van der Waals surface area contributed by atoms with E-state index in [0.717, 1.165) is 22.4 Å². The maximum atomic E-state index is 13.4. The lowest BCUT2D eigenvalue weighted by atomic mass is 9.96. The van der Waals surface area contributed by atoms with Crippen molar-refractivity contribution in [3.05, 3.63) is 106 Å². The predicted molar refractivity (Wildman–Crippen MR) is 127 cm³/mol. The highest BCUT2D eigenvalue weighted by atomic mass is 35.5. The third-order valence-corrected chi connectivity index (χ3v) is 6.28. The Labute approximate surface area is 199 Å². The van der Waals surface area contributed by atoms with Crippen LogP contribution in [-0.2, 0) is 4.79 Å². The summed E-state index contributed by atoms with van der Waals surface area (Å²) in [5, 5.41) is 11.5. The molecule has 1 unspecified atom stereocenters. The summed E-state index contributed by atoms with van der Waals surface area (Å²) >= 11 is 12.4. The van der Waals surface area contributed by atoms with E-state index in [4.69, 9.17) is 28.3 Å². The Kier molecular flexibility index (Phi) is 5.70. The second-order valence-corrected chi connectivity index (χ2v) is 8.42. The highest BCUT2D eigenvalue weighted by Gasteiger charge is 2.32. The molecule has 0 radical (unpaired) electrons. The first-order valence-electron chi connectivity index (χ1n) is 10.2. The van der Waals surface area contributed by atoms with Gasteiger partial charge in [0.1, 0.15) is 5.82 Å². The molecule has 1 atom stereocenters. The first-order valence-corrected chi connectivity index (χ1v) is 11.0. The number of benzene rings is 3. The number of para-hydroxylation sites is 1. The standard InChI is InChI=1S/C25H17Cl2FN4O/c26-21-11-8-17(12-22(21)27)25-20(14-31(30-25)19-4-2-1-3-5-19)24-13-23(29-32(24)15-33)16-6-9-18(28)10-7-16/h1-12,14-15,24H,13H2. The van der Waals surface area contributed by atoms with Crippen molar-refractivity contribution in [2.24, 2.45) is 5.10 Å². The first-order chi connectivity index (χ1) is 16.0. The largest absolute Gasteiger partial charge is 0.277 e. The number of halogens is 3. The number of nitrogens with zero attached hydrogens (tertiary/aromatic N) is 4. The Bertz CT molecular complexity index is 1350. The van der Waals surface area contributed by atoms with Gasteiger partial charge in [-0.1, -0.05) is 59.6 Å². The van der Waals surface area contributed by atoms with Crippen LogP contribution in [0.1, 0.15) is 23.6 Å². The zero-order valence-electron chi connectivity index (χ0n) is 17.2. The summed E-state index contributed by atoms with van der Waals surface area (Å²) < 4.78 is 15.2. The Balaban J connectivity index is 1.60. The van der Waals surface area contributed by atoms with Crippen LogP contribution < -0.4 is 0 Å². The van der Waals surface area contributed by atoms with Crippen molar-refractivity contribution in [3.8, 4) is 16.9 Å². The van der Waals surface area contributed by atoms with Crippen molar-refractivity contribution < 1.29 is 9.18 Å². The zero-order chi connectivity index (χ0) is 22.9. The number of aromatic nitrogens is 2. The molecule has 4 aromatic rings. The van der Waals surface area contributed by atoms with E-state index in [1.54, 1.807) is 28.9 Å². The molecule has 164 valence electrons. The van der Waals surface area contributed by atoms with Crippen LogP contribution in [0.3, 0.4) is 0 Å². The number of carbonyl (C=O) groups excluding carboxylic acids is 1. The second-order valence-electron chi connectivity index (χ2n) is 7.60. The fraction of sp³-hybridized carbons (Fsp3) is 0.0800. The molecule has 0 spiro atoms. The maximum Gasteiger partial charge on any atom is 0.230 e. The lowest BCUT2D eigenvalue weighted by Gasteiger charge is -2.17. The molecule has 1 aliphatic rings. The van der Waals surface area contributed by atoms with Gasteiger partial charge in [0.05, 0.1) is 33.2 Å². The normalized spacial score (nSPS) is 15.5. The van der Waals surface area contributed by atoms with Gasteiger partial charge < -0.3 is 0 Å². The van der Waals surface area contributed by atoms with Gasteiger partial charge in [0.2, 0.25) is 6.41 Å². The quantitative estimate of drug-likeness (QED) is 0.316. The number of hydrogen-bond donors (Lipinski definition) is 0. The van der Waals surface area contributed by atoms with Crippen LogP contribution in [-0.4, -0.2) is 26.9 Å². The number of amides is 1. The summed E-state index contributed by atoms with van der Waals surface area (Å²) in [6.07, 6.45) is 3.05. The minimum absolute atomic E-state index is 0.327. The molecule has 1 aliphatic heterocycles. The zero-order valence-corrected chi connectivity index (χ0v) is 18.7. The first kappa shape index (κ1) is 21.4. The molecule has 3 aromatic carbocycles. The van der Waals surface area contributed by atoms with Crippen LogP contribution in [0.25, 0.3) is 16.9 Å². The van der Waals surface area contributed by atoms with E-state index in [0.29, 0.717) is 34.3 Å². The lowest BCUT2D eigenvalue weighted by molar-refractivity contribution is -0.119. The van der Waals surface area contributed by atoms with E-state index in [1.165, 1.54) is 17.1 Å². The third kappa shape index (κ3) is 4.15. The van der Waals surface area contributed by atoms with Crippen LogP contribution in [0.15, 0.2) is 84.1 Å². The Hall–Kier alpha value is -3.48. The van der Waals surface area contributed by atoms with E-state index in [1.807, 2.05) is 42.6 Å². The number of carbonyl (C=O) groups is 1. The molecule has 5 rings (SSSR count). The lowest BCUT2D eigenvalue weighted by Crippen LogP contribution is -2.17. The van der Waals surface area contributed by atoms with E-state index >= 15 is 0 Å². The molecule has 0 bridgehead atoms. The van der Waals surface area contributed by atoms with Gasteiger partial charge in [-0.05, 0) is 42.0 Å². The molecular weight excluding hydrogens is 462 g/mol. The Morgan fingerprint density at radius 3 is 2.36 bits per heavy atom. The van der Waals surface area contributed by atoms with Gasteiger partial charge in [-0.3, -0.25) is 4.79 Å². The average molecular weight is 479 g/mol. The SMILES string of the molecule is O=CN1N=C(c2ccc(F)cc2)CC1c1cn(-c2ccccc2)nc1-c1ccc(Cl)c(Cl)c1. The third-order valence-electron chi connectivity index (χ3n) is 5.54. The molecule has 0 saturated carbocycles. The summed E-state index contributed by atoms with van der Waals surface area (Å²) in [4.78, 5) is 11.9. The molecule has 1 amide bonds. The maximum absolute atomic E-state index is 13.4. The predicted octanol–water partition coefficient (Wildman–Crippen LogP) is 6.29. The van der Waals surface area contributed by atoms with E-state index in [2.05, 4.69) is 5.10 Å². The van der Waals surface area contributed by atoms with Gasteiger partial charge in [0.15, 0.2) is 0 Å². The van der Waals surface area contributed by atoms with Crippen molar-refractivity contribution in [1.29, 1.82) is 0 Å². The van der Waals surface area contributed by atoms with E-state index < -0.39 is 0 Å². The molecule has 0 aliphatic carbocycles. The van der Waals surface area contributed by atoms with Crippen molar-refractivity contribution in [2.45, 2.75) is 12.5 Å². The van der Waals surface area contributed by atoms with Crippen molar-refractivity contribution in [3.63, 3.8) is 0 Å². The van der Waals surface area contributed by atoms with Crippen molar-refractivity contribution in [1.82, 2.24) is 14.8 Å². The minimum atomic E-state index is -0.385. The summed E-state index contributed by atoms with van der Waals surface area (Å²) in [6.45, 7) is 0. The molecule has 8 heteroatoms. The van der Waals surface area contributed by atoms with Gasteiger partial charge >= 0.3 is 0 Å². The highest BCUT2D eigenvalue weighted by Crippen LogP contribution is 2.38. The molecule has 0 saturated heterocycles. The minimum Gasteiger partial charge on any atom is -0.277 e. The monoisotopic (exact) mass is 478 g/mol. The van der Waals surface area contributed by atoms with E-state index in [9.17, 15) is 9.18 Å². The fourth-order valence-corrected chi connectivity index (χ4v) is 4.20. The molecular formula is C25H17Cl2FN4O. The van der Waals surface area contributed by atoms with Gasteiger partial charge in [-0.15, -0.1) is 0 Å². The number of hydrazone groups is 1. The van der Waals surface area contributed by atoms with Gasteiger partial charge in [0.25, 0.3) is 0 Å². The highest BCUT2D eigenvalue weighted by molar-refractivity contribution is 6.42. The summed E-state index contributed by atoms with van der Waals surface area (Å²) in [7, 11) is 0. The number of hydrogen-bond acceptors (Lipinski definition) is 3. The smallest absolute Gasteiger partial charge is 0.230 e. The average Bonchev–Trinajstić information content (AvgIpc) is 3.46. The van der Waals surface area contributed by atoms with Crippen LogP contribution in [0.4, 0.5) is 4.39 Å². The van der Waals surface area contributed by atoms with Crippen LogP contribution >= 0.6 is 23.2 Å².